The summed E-state index contributed by atoms with van der Waals surface area (Å²) in [6.45, 7) is 5.97. The van der Waals surface area contributed by atoms with Crippen LogP contribution in [-0.4, -0.2) is 36.3 Å². The number of hydrogen-bond acceptors (Lipinski definition) is 2. The molecule has 0 aliphatic carbocycles. The van der Waals surface area contributed by atoms with Crippen molar-refractivity contribution in [3.05, 3.63) is 48.0 Å². The molecule has 1 aliphatic rings. The first kappa shape index (κ1) is 16.5. The molecule has 4 heteroatoms. The molecule has 0 saturated carbocycles. The molecule has 1 fully saturated rings. The highest BCUT2D eigenvalue weighted by Crippen LogP contribution is 2.20. The lowest BCUT2D eigenvalue weighted by Gasteiger charge is -2.35. The molecule has 1 heterocycles. The van der Waals surface area contributed by atoms with Crippen molar-refractivity contribution >= 4 is 22.6 Å². The zero-order chi connectivity index (χ0) is 17.1. The number of piperidine rings is 1. The van der Waals surface area contributed by atoms with E-state index in [0.29, 0.717) is 17.4 Å². The van der Waals surface area contributed by atoms with Crippen molar-refractivity contribution in [1.82, 2.24) is 10.2 Å². The number of hydrogen-bond donors (Lipinski definition) is 1. The van der Waals surface area contributed by atoms with Gasteiger partial charge in [0.15, 0.2) is 0 Å². The standard InChI is InChI=1S/C20H24N2O2/c1-14-9-15(2)13-22(12-14)19(23)11-21-20(24)18-8-7-16-5-3-4-6-17(16)10-18/h3-8,10,14-15H,9,11-13H2,1-2H3,(H,21,24)/t14-,15-/m0/s1. The van der Waals surface area contributed by atoms with Crippen molar-refractivity contribution in [2.24, 2.45) is 11.8 Å². The molecule has 24 heavy (non-hydrogen) atoms. The molecule has 2 aromatic rings. The molecule has 0 unspecified atom stereocenters. The Morgan fingerprint density at radius 3 is 2.42 bits per heavy atom. The monoisotopic (exact) mass is 324 g/mol. The second-order valence-corrected chi connectivity index (χ2v) is 6.99. The Balaban J connectivity index is 1.60. The molecule has 0 radical (unpaired) electrons. The number of likely N-dealkylation sites (tertiary alicyclic amines) is 1. The third-order valence-electron chi connectivity index (χ3n) is 4.63. The van der Waals surface area contributed by atoms with E-state index in [-0.39, 0.29) is 18.4 Å². The van der Waals surface area contributed by atoms with Crippen LogP contribution in [0.4, 0.5) is 0 Å². The maximum atomic E-state index is 12.3. The largest absolute Gasteiger partial charge is 0.343 e. The number of carbonyl (C=O) groups is 2. The van der Waals surface area contributed by atoms with Gasteiger partial charge in [0.1, 0.15) is 0 Å². The molecule has 1 saturated heterocycles. The van der Waals surface area contributed by atoms with Gasteiger partial charge < -0.3 is 10.2 Å². The Hall–Kier alpha value is -2.36. The molecule has 2 atom stereocenters. The van der Waals surface area contributed by atoms with Gasteiger partial charge >= 0.3 is 0 Å². The van der Waals surface area contributed by atoms with Crippen molar-refractivity contribution in [2.75, 3.05) is 19.6 Å². The zero-order valence-corrected chi connectivity index (χ0v) is 14.3. The number of nitrogens with one attached hydrogen (secondary N) is 1. The highest BCUT2D eigenvalue weighted by molar-refractivity contribution is 6.00. The molecule has 2 aromatic carbocycles. The van der Waals surface area contributed by atoms with Gasteiger partial charge in [-0.3, -0.25) is 9.59 Å². The summed E-state index contributed by atoms with van der Waals surface area (Å²) >= 11 is 0. The summed E-state index contributed by atoms with van der Waals surface area (Å²) in [5.41, 5.74) is 0.585. The van der Waals surface area contributed by atoms with Crippen molar-refractivity contribution in [3.8, 4) is 0 Å². The van der Waals surface area contributed by atoms with Crippen LogP contribution in [0.3, 0.4) is 0 Å². The first-order chi connectivity index (χ1) is 11.5. The van der Waals surface area contributed by atoms with E-state index in [1.807, 2.05) is 41.3 Å². The Morgan fingerprint density at radius 2 is 1.71 bits per heavy atom. The maximum Gasteiger partial charge on any atom is 0.251 e. The minimum absolute atomic E-state index is 0.00235. The number of carbonyl (C=O) groups excluding carboxylic acids is 2. The summed E-state index contributed by atoms with van der Waals surface area (Å²) in [4.78, 5) is 26.5. The highest BCUT2D eigenvalue weighted by atomic mass is 16.2. The van der Waals surface area contributed by atoms with Crippen LogP contribution >= 0.6 is 0 Å². The smallest absolute Gasteiger partial charge is 0.251 e. The van der Waals surface area contributed by atoms with Crippen LogP contribution in [-0.2, 0) is 4.79 Å². The van der Waals surface area contributed by atoms with Gasteiger partial charge in [-0.15, -0.1) is 0 Å². The predicted octanol–water partition coefficient (Wildman–Crippen LogP) is 3.07. The van der Waals surface area contributed by atoms with Crippen LogP contribution in [0.25, 0.3) is 10.8 Å². The van der Waals surface area contributed by atoms with Crippen LogP contribution < -0.4 is 5.32 Å². The van der Waals surface area contributed by atoms with Crippen molar-refractivity contribution in [3.63, 3.8) is 0 Å². The summed E-state index contributed by atoms with van der Waals surface area (Å²) < 4.78 is 0. The normalized spacial score (nSPS) is 20.8. The molecular weight excluding hydrogens is 300 g/mol. The lowest BCUT2D eigenvalue weighted by molar-refractivity contribution is -0.132. The predicted molar refractivity (Wildman–Crippen MR) is 95.8 cm³/mol. The minimum Gasteiger partial charge on any atom is -0.343 e. The first-order valence-corrected chi connectivity index (χ1v) is 8.57. The van der Waals surface area contributed by atoms with Crippen LogP contribution in [0.5, 0.6) is 0 Å². The summed E-state index contributed by atoms with van der Waals surface area (Å²) in [5, 5.41) is 4.88. The molecule has 126 valence electrons. The highest BCUT2D eigenvalue weighted by Gasteiger charge is 2.25. The molecule has 0 aromatic heterocycles. The fourth-order valence-corrected chi connectivity index (χ4v) is 3.57. The van der Waals surface area contributed by atoms with E-state index in [1.54, 1.807) is 6.07 Å². The summed E-state index contributed by atoms with van der Waals surface area (Å²) in [6.07, 6.45) is 1.16. The summed E-state index contributed by atoms with van der Waals surface area (Å²) in [6, 6.07) is 13.5. The lowest BCUT2D eigenvalue weighted by Crippen LogP contribution is -2.46. The molecular formula is C20H24N2O2. The van der Waals surface area contributed by atoms with Crippen LogP contribution in [0, 0.1) is 11.8 Å². The van der Waals surface area contributed by atoms with Gasteiger partial charge in [-0.05, 0) is 41.2 Å². The number of nitrogens with zero attached hydrogens (tertiary/aromatic N) is 1. The molecule has 0 spiro atoms. The van der Waals surface area contributed by atoms with Crippen molar-refractivity contribution in [1.29, 1.82) is 0 Å². The Bertz CT molecular complexity index is 746. The molecule has 1 N–H and O–H groups in total. The van der Waals surface area contributed by atoms with Crippen molar-refractivity contribution < 1.29 is 9.59 Å². The Kier molecular flexibility index (Phi) is 4.84. The fourth-order valence-electron chi connectivity index (χ4n) is 3.57. The van der Waals surface area contributed by atoms with Crippen LogP contribution in [0.2, 0.25) is 0 Å². The third kappa shape index (κ3) is 3.75. The van der Waals surface area contributed by atoms with Gasteiger partial charge in [0.2, 0.25) is 5.91 Å². The van der Waals surface area contributed by atoms with Gasteiger partial charge in [-0.1, -0.05) is 44.2 Å². The number of rotatable bonds is 3. The van der Waals surface area contributed by atoms with Gasteiger partial charge in [0.25, 0.3) is 5.91 Å². The second kappa shape index (κ2) is 7.04. The van der Waals surface area contributed by atoms with E-state index < -0.39 is 0 Å². The fraction of sp³-hybridized carbons (Fsp3) is 0.400. The zero-order valence-electron chi connectivity index (χ0n) is 14.3. The summed E-state index contributed by atoms with van der Waals surface area (Å²) in [5.74, 6) is 0.845. The molecule has 1 aliphatic heterocycles. The quantitative estimate of drug-likeness (QED) is 0.943. The first-order valence-electron chi connectivity index (χ1n) is 8.57. The van der Waals surface area contributed by atoms with E-state index in [0.717, 1.165) is 30.3 Å². The topological polar surface area (TPSA) is 49.4 Å². The average molecular weight is 324 g/mol. The van der Waals surface area contributed by atoms with E-state index in [2.05, 4.69) is 19.2 Å². The minimum atomic E-state index is -0.202. The van der Waals surface area contributed by atoms with E-state index in [1.165, 1.54) is 0 Å². The lowest BCUT2D eigenvalue weighted by atomic mass is 9.92. The third-order valence-corrected chi connectivity index (χ3v) is 4.63. The van der Waals surface area contributed by atoms with Crippen LogP contribution in [0.15, 0.2) is 42.5 Å². The van der Waals surface area contributed by atoms with Gasteiger partial charge in [-0.2, -0.15) is 0 Å². The molecule has 0 bridgehead atoms. The van der Waals surface area contributed by atoms with Gasteiger partial charge in [0.05, 0.1) is 6.54 Å². The number of benzene rings is 2. The maximum absolute atomic E-state index is 12.3. The Labute approximate surface area is 142 Å². The van der Waals surface area contributed by atoms with Crippen molar-refractivity contribution in [2.45, 2.75) is 20.3 Å². The molecule has 3 rings (SSSR count). The average Bonchev–Trinajstić information content (AvgIpc) is 2.58. The number of fused-ring (bicyclic) bond motifs is 1. The van der Waals surface area contributed by atoms with E-state index in [4.69, 9.17) is 0 Å². The van der Waals surface area contributed by atoms with Gasteiger partial charge in [-0.25, -0.2) is 0 Å². The SMILES string of the molecule is C[C@H]1C[C@H](C)CN(C(=O)CNC(=O)c2ccc3ccccc3c2)C1. The van der Waals surface area contributed by atoms with Crippen LogP contribution in [0.1, 0.15) is 30.6 Å². The summed E-state index contributed by atoms with van der Waals surface area (Å²) in [7, 11) is 0. The molecule has 4 nitrogen and oxygen atoms in total. The molecule has 2 amide bonds. The second-order valence-electron chi connectivity index (χ2n) is 6.99. The number of amides is 2. The van der Waals surface area contributed by atoms with Gasteiger partial charge in [0, 0.05) is 18.7 Å². The Morgan fingerprint density at radius 1 is 1.04 bits per heavy atom. The van der Waals surface area contributed by atoms with E-state index in [9.17, 15) is 9.59 Å². The van der Waals surface area contributed by atoms with E-state index >= 15 is 0 Å².